The van der Waals surface area contributed by atoms with E-state index in [2.05, 4.69) is 28.2 Å². The van der Waals surface area contributed by atoms with Crippen LogP contribution in [-0.4, -0.2) is 50.5 Å². The fourth-order valence-electron chi connectivity index (χ4n) is 4.46. The van der Waals surface area contributed by atoms with Crippen LogP contribution in [0.5, 0.6) is 0 Å². The maximum absolute atomic E-state index is 13.8. The molecule has 0 saturated heterocycles. The first-order valence-electron chi connectivity index (χ1n) is 13.7. The number of hydrogen-bond donors (Lipinski definition) is 1. The van der Waals surface area contributed by atoms with Gasteiger partial charge in [-0.2, -0.15) is 0 Å². The molecule has 1 unspecified atom stereocenters. The molecular weight excluding hydrogens is 626 g/mol. The van der Waals surface area contributed by atoms with Crippen molar-refractivity contribution in [2.24, 2.45) is 0 Å². The quantitative estimate of drug-likeness (QED) is 0.196. The van der Waals surface area contributed by atoms with Crippen molar-refractivity contribution in [1.82, 2.24) is 10.2 Å². The highest BCUT2D eigenvalue weighted by atomic mass is 79.9. The van der Waals surface area contributed by atoms with E-state index in [1.54, 1.807) is 29.2 Å². The number of nitrogens with zero attached hydrogens (tertiary/aromatic N) is 2. The van der Waals surface area contributed by atoms with Gasteiger partial charge in [0.1, 0.15) is 6.04 Å². The SMILES string of the molecule is CCCCNC(=O)C(Cc1ccccc1)N(Cc1ccc(Br)cc1)C(=O)CCCN(c1ccc(Cl)cc1)S(C)(=O)=O. The molecule has 0 radical (unpaired) electrons. The van der Waals surface area contributed by atoms with E-state index in [0.717, 1.165) is 34.7 Å². The summed E-state index contributed by atoms with van der Waals surface area (Å²) >= 11 is 9.44. The first kappa shape index (κ1) is 32.6. The van der Waals surface area contributed by atoms with Gasteiger partial charge < -0.3 is 10.2 Å². The Morgan fingerprint density at radius 1 is 0.927 bits per heavy atom. The van der Waals surface area contributed by atoms with E-state index in [-0.39, 0.29) is 37.7 Å². The van der Waals surface area contributed by atoms with Crippen LogP contribution in [0.3, 0.4) is 0 Å². The van der Waals surface area contributed by atoms with Gasteiger partial charge >= 0.3 is 0 Å². The monoisotopic (exact) mass is 661 g/mol. The minimum absolute atomic E-state index is 0.0731. The number of hydrogen-bond acceptors (Lipinski definition) is 4. The summed E-state index contributed by atoms with van der Waals surface area (Å²) in [4.78, 5) is 29.0. The average Bonchev–Trinajstić information content (AvgIpc) is 2.94. The molecule has 0 bridgehead atoms. The van der Waals surface area contributed by atoms with Gasteiger partial charge in [-0.15, -0.1) is 0 Å². The summed E-state index contributed by atoms with van der Waals surface area (Å²) in [6, 6.07) is 23.1. The van der Waals surface area contributed by atoms with Crippen molar-refractivity contribution < 1.29 is 18.0 Å². The Labute approximate surface area is 257 Å². The third-order valence-electron chi connectivity index (χ3n) is 6.63. The molecule has 2 amide bonds. The lowest BCUT2D eigenvalue weighted by Crippen LogP contribution is -2.50. The molecule has 3 aromatic rings. The van der Waals surface area contributed by atoms with Gasteiger partial charge in [0.15, 0.2) is 0 Å². The number of nitrogens with one attached hydrogen (secondary N) is 1. The van der Waals surface area contributed by atoms with E-state index in [0.29, 0.717) is 23.7 Å². The van der Waals surface area contributed by atoms with Gasteiger partial charge in [-0.05, 0) is 60.4 Å². The Hall–Kier alpha value is -2.88. The molecule has 0 saturated carbocycles. The minimum atomic E-state index is -3.59. The summed E-state index contributed by atoms with van der Waals surface area (Å²) in [5.74, 6) is -0.421. The highest BCUT2D eigenvalue weighted by molar-refractivity contribution is 9.10. The van der Waals surface area contributed by atoms with Crippen molar-refractivity contribution in [2.45, 2.75) is 51.6 Å². The van der Waals surface area contributed by atoms with Crippen molar-refractivity contribution >= 4 is 55.1 Å². The number of carbonyl (C=O) groups is 2. The van der Waals surface area contributed by atoms with Crippen LogP contribution in [-0.2, 0) is 32.6 Å². The standard InChI is InChI=1S/C31H37BrClN3O4S/c1-3-4-20-34-31(38)29(22-24-9-6-5-7-10-24)35(23-25-12-14-26(32)15-13-25)30(37)11-8-21-36(41(2,39)40)28-18-16-27(33)17-19-28/h5-7,9-10,12-19,29H,3-4,8,11,20-23H2,1-2H3,(H,34,38). The van der Waals surface area contributed by atoms with Gasteiger partial charge in [0, 0.05) is 42.0 Å². The zero-order valence-electron chi connectivity index (χ0n) is 23.4. The van der Waals surface area contributed by atoms with E-state index in [4.69, 9.17) is 11.6 Å². The van der Waals surface area contributed by atoms with Crippen molar-refractivity contribution in [1.29, 1.82) is 0 Å². The molecular formula is C31H37BrClN3O4S. The summed E-state index contributed by atoms with van der Waals surface area (Å²) in [6.45, 7) is 2.95. The maximum Gasteiger partial charge on any atom is 0.243 e. The number of unbranched alkanes of at least 4 members (excludes halogenated alkanes) is 1. The summed E-state index contributed by atoms with van der Waals surface area (Å²) < 4.78 is 27.3. The number of benzene rings is 3. The van der Waals surface area contributed by atoms with Gasteiger partial charge in [-0.25, -0.2) is 8.42 Å². The van der Waals surface area contributed by atoms with E-state index >= 15 is 0 Å². The second kappa shape index (κ2) is 15.9. The van der Waals surface area contributed by atoms with Gasteiger partial charge in [-0.1, -0.05) is 83.3 Å². The first-order chi connectivity index (χ1) is 19.6. The van der Waals surface area contributed by atoms with Gasteiger partial charge in [0.25, 0.3) is 0 Å². The Bertz CT molecular complexity index is 1370. The number of anilines is 1. The predicted octanol–water partition coefficient (Wildman–Crippen LogP) is 6.21. The van der Waals surface area contributed by atoms with E-state index in [9.17, 15) is 18.0 Å². The van der Waals surface area contributed by atoms with Crippen molar-refractivity contribution in [3.05, 3.63) is 99.5 Å². The third kappa shape index (κ3) is 10.5. The molecule has 0 aromatic heterocycles. The average molecular weight is 663 g/mol. The molecule has 0 aliphatic carbocycles. The topological polar surface area (TPSA) is 86.8 Å². The number of sulfonamides is 1. The number of halogens is 2. The molecule has 3 aromatic carbocycles. The molecule has 220 valence electrons. The predicted molar refractivity (Wildman–Crippen MR) is 169 cm³/mol. The van der Waals surface area contributed by atoms with Crippen molar-refractivity contribution in [2.75, 3.05) is 23.7 Å². The van der Waals surface area contributed by atoms with Crippen LogP contribution in [0.15, 0.2) is 83.3 Å². The maximum atomic E-state index is 13.8. The smallest absolute Gasteiger partial charge is 0.243 e. The summed E-state index contributed by atoms with van der Waals surface area (Å²) in [5, 5.41) is 3.52. The molecule has 0 fully saturated rings. The molecule has 7 nitrogen and oxygen atoms in total. The lowest BCUT2D eigenvalue weighted by Gasteiger charge is -2.32. The largest absolute Gasteiger partial charge is 0.354 e. The van der Waals surface area contributed by atoms with Crippen LogP contribution in [0, 0.1) is 0 Å². The van der Waals surface area contributed by atoms with E-state index in [1.165, 1.54) is 4.31 Å². The summed E-state index contributed by atoms with van der Waals surface area (Å²) in [6.07, 6.45) is 3.64. The first-order valence-corrected chi connectivity index (χ1v) is 16.7. The Morgan fingerprint density at radius 3 is 2.20 bits per heavy atom. The molecule has 41 heavy (non-hydrogen) atoms. The zero-order chi connectivity index (χ0) is 29.8. The lowest BCUT2D eigenvalue weighted by molar-refractivity contribution is -0.141. The molecule has 0 heterocycles. The van der Waals surface area contributed by atoms with Crippen LogP contribution < -0.4 is 9.62 Å². The third-order valence-corrected chi connectivity index (χ3v) is 8.61. The van der Waals surface area contributed by atoms with Gasteiger partial charge in [0.05, 0.1) is 11.9 Å². The van der Waals surface area contributed by atoms with Crippen molar-refractivity contribution in [3.8, 4) is 0 Å². The van der Waals surface area contributed by atoms with Crippen LogP contribution in [0.2, 0.25) is 5.02 Å². The Morgan fingerprint density at radius 2 is 1.59 bits per heavy atom. The molecule has 1 atom stereocenters. The highest BCUT2D eigenvalue weighted by Gasteiger charge is 2.30. The zero-order valence-corrected chi connectivity index (χ0v) is 26.6. The molecule has 0 spiro atoms. The second-order valence-electron chi connectivity index (χ2n) is 9.91. The molecule has 1 N–H and O–H groups in total. The summed E-state index contributed by atoms with van der Waals surface area (Å²) in [7, 11) is -3.59. The molecule has 0 aliphatic rings. The minimum Gasteiger partial charge on any atom is -0.354 e. The highest BCUT2D eigenvalue weighted by Crippen LogP contribution is 2.22. The van der Waals surface area contributed by atoms with E-state index in [1.807, 2.05) is 54.6 Å². The van der Waals surface area contributed by atoms with Crippen LogP contribution >= 0.6 is 27.5 Å². The number of rotatable bonds is 15. The molecule has 10 heteroatoms. The fourth-order valence-corrected chi connectivity index (χ4v) is 5.81. The van der Waals surface area contributed by atoms with Crippen molar-refractivity contribution in [3.63, 3.8) is 0 Å². The fraction of sp³-hybridized carbons (Fsp3) is 0.355. The van der Waals surface area contributed by atoms with Gasteiger partial charge in [0.2, 0.25) is 21.8 Å². The molecule has 3 rings (SSSR count). The Kier molecular flexibility index (Phi) is 12.7. The van der Waals surface area contributed by atoms with Crippen LogP contribution in [0.1, 0.15) is 43.7 Å². The number of carbonyl (C=O) groups excluding carboxylic acids is 2. The number of amides is 2. The van der Waals surface area contributed by atoms with Crippen LogP contribution in [0.25, 0.3) is 0 Å². The molecule has 0 aliphatic heterocycles. The van der Waals surface area contributed by atoms with E-state index < -0.39 is 16.1 Å². The normalized spacial score (nSPS) is 12.0. The summed E-state index contributed by atoms with van der Waals surface area (Å²) in [5.41, 5.74) is 2.32. The Balaban J connectivity index is 1.86. The second-order valence-corrected chi connectivity index (χ2v) is 13.2. The van der Waals surface area contributed by atoms with Gasteiger partial charge in [-0.3, -0.25) is 13.9 Å². The lowest BCUT2D eigenvalue weighted by atomic mass is 10.0. The van der Waals surface area contributed by atoms with Crippen LogP contribution in [0.4, 0.5) is 5.69 Å².